The van der Waals surface area contributed by atoms with E-state index in [1.54, 1.807) is 13.0 Å². The quantitative estimate of drug-likeness (QED) is 0.790. The Morgan fingerprint density at radius 2 is 1.94 bits per heavy atom. The normalized spacial score (nSPS) is 9.00. The summed E-state index contributed by atoms with van der Waals surface area (Å²) in [4.78, 5) is 11.1. The van der Waals surface area contributed by atoms with E-state index in [1.165, 1.54) is 20.1 Å². The molecule has 0 aromatic heterocycles. The van der Waals surface area contributed by atoms with Gasteiger partial charge in [0.05, 0.1) is 18.4 Å². The molecule has 1 aromatic carbocycles. The van der Waals surface area contributed by atoms with E-state index < -0.39 is 11.9 Å². The summed E-state index contributed by atoms with van der Waals surface area (Å²) in [5.74, 6) is -0.529. The van der Waals surface area contributed by atoms with Gasteiger partial charge in [0.25, 0.3) is 0 Å². The molecule has 0 spiro atoms. The minimum Gasteiger partial charge on any atom is -0.453 e. The first-order valence-corrected chi connectivity index (χ1v) is 5.66. The van der Waals surface area contributed by atoms with Gasteiger partial charge >= 0.3 is 6.09 Å². The largest absolute Gasteiger partial charge is 0.453 e. The van der Waals surface area contributed by atoms with Gasteiger partial charge in [0, 0.05) is 5.71 Å². The summed E-state index contributed by atoms with van der Waals surface area (Å²) < 4.78 is 18.0. The van der Waals surface area contributed by atoms with Crippen LogP contribution < -0.4 is 5.32 Å². The van der Waals surface area contributed by atoms with Crippen LogP contribution in [0.25, 0.3) is 0 Å². The summed E-state index contributed by atoms with van der Waals surface area (Å²) in [6.45, 7) is 7.16. The molecular formula is C13H19FN2O2. The van der Waals surface area contributed by atoms with E-state index >= 15 is 0 Å². The predicted octanol–water partition coefficient (Wildman–Crippen LogP) is 3.73. The van der Waals surface area contributed by atoms with E-state index in [2.05, 4.69) is 10.1 Å². The van der Waals surface area contributed by atoms with Crippen LogP contribution in [0.5, 0.6) is 0 Å². The molecule has 0 bridgehead atoms. The third-order valence-electron chi connectivity index (χ3n) is 2.03. The number of hydrogen-bond donors (Lipinski definition) is 2. The molecule has 2 N–H and O–H groups in total. The molecule has 0 radical (unpaired) electrons. The molecule has 100 valence electrons. The molecular weight excluding hydrogens is 235 g/mol. The Hall–Kier alpha value is -1.91. The van der Waals surface area contributed by atoms with E-state index in [1.807, 2.05) is 13.8 Å². The van der Waals surface area contributed by atoms with Gasteiger partial charge < -0.3 is 10.1 Å². The van der Waals surface area contributed by atoms with Gasteiger partial charge in [-0.3, -0.25) is 5.32 Å². The van der Waals surface area contributed by atoms with Crippen molar-refractivity contribution in [1.29, 1.82) is 5.41 Å². The molecule has 1 aromatic rings. The number of nitrogens with one attached hydrogen (secondary N) is 2. The lowest BCUT2D eigenvalue weighted by Gasteiger charge is -2.11. The molecule has 0 aliphatic carbocycles. The number of carbonyl (C=O) groups excluding carboxylic acids is 1. The highest BCUT2D eigenvalue weighted by Gasteiger charge is 2.14. The summed E-state index contributed by atoms with van der Waals surface area (Å²) in [7, 11) is 1.22. The summed E-state index contributed by atoms with van der Waals surface area (Å²) in [6, 6.07) is 2.91. The molecule has 0 atom stereocenters. The Balaban J connectivity index is 0.00000137. The van der Waals surface area contributed by atoms with Crippen molar-refractivity contribution in [2.45, 2.75) is 27.7 Å². The van der Waals surface area contributed by atoms with Crippen molar-refractivity contribution in [3.63, 3.8) is 0 Å². The molecule has 1 rings (SSSR count). The fraction of sp³-hybridized carbons (Fsp3) is 0.385. The van der Waals surface area contributed by atoms with Crippen molar-refractivity contribution in [1.82, 2.24) is 0 Å². The second kappa shape index (κ2) is 7.42. The number of methoxy groups -OCH3 is 1. The van der Waals surface area contributed by atoms with E-state index in [-0.39, 0.29) is 17.0 Å². The highest BCUT2D eigenvalue weighted by molar-refractivity contribution is 6.04. The second-order valence-electron chi connectivity index (χ2n) is 3.41. The predicted molar refractivity (Wildman–Crippen MR) is 71.0 cm³/mol. The molecule has 0 aliphatic heterocycles. The van der Waals surface area contributed by atoms with E-state index in [9.17, 15) is 9.18 Å². The summed E-state index contributed by atoms with van der Waals surface area (Å²) in [5, 5.41) is 9.84. The van der Waals surface area contributed by atoms with Gasteiger partial charge in [-0.2, -0.15) is 0 Å². The van der Waals surface area contributed by atoms with Crippen molar-refractivity contribution in [2.24, 2.45) is 0 Å². The zero-order chi connectivity index (χ0) is 14.3. The number of hydrogen-bond acceptors (Lipinski definition) is 3. The number of anilines is 1. The molecule has 0 heterocycles. The molecule has 1 amide bonds. The summed E-state index contributed by atoms with van der Waals surface area (Å²) in [5.41, 5.74) is 1.03. The van der Waals surface area contributed by atoms with Crippen LogP contribution in [0.3, 0.4) is 0 Å². The Morgan fingerprint density at radius 1 is 1.39 bits per heavy atom. The third-order valence-corrected chi connectivity index (χ3v) is 2.03. The average molecular weight is 254 g/mol. The topological polar surface area (TPSA) is 62.2 Å². The maximum atomic E-state index is 13.6. The van der Waals surface area contributed by atoms with E-state index in [4.69, 9.17) is 5.41 Å². The SMILES string of the molecule is CC.COC(=O)Nc1cc(C)cc(F)c1C(C)=N. The number of carbonyl (C=O) groups is 1. The number of rotatable bonds is 2. The van der Waals surface area contributed by atoms with Crippen molar-refractivity contribution < 1.29 is 13.9 Å². The maximum Gasteiger partial charge on any atom is 0.411 e. The molecule has 0 aliphatic rings. The first-order chi connectivity index (χ1) is 8.45. The summed E-state index contributed by atoms with van der Waals surface area (Å²) >= 11 is 0. The highest BCUT2D eigenvalue weighted by atomic mass is 19.1. The number of amides is 1. The number of aryl methyl sites for hydroxylation is 1. The van der Waals surface area contributed by atoms with Crippen LogP contribution in [-0.2, 0) is 4.74 Å². The van der Waals surface area contributed by atoms with Gasteiger partial charge in [0.1, 0.15) is 5.82 Å². The van der Waals surface area contributed by atoms with Crippen LogP contribution in [0.15, 0.2) is 12.1 Å². The van der Waals surface area contributed by atoms with Crippen LogP contribution in [0.2, 0.25) is 0 Å². The van der Waals surface area contributed by atoms with E-state index in [0.29, 0.717) is 5.56 Å². The number of benzene rings is 1. The van der Waals surface area contributed by atoms with Gasteiger partial charge in [0.2, 0.25) is 0 Å². The van der Waals surface area contributed by atoms with Crippen LogP contribution in [0, 0.1) is 18.2 Å². The molecule has 0 unspecified atom stereocenters. The first kappa shape index (κ1) is 16.1. The average Bonchev–Trinajstić information content (AvgIpc) is 2.29. The zero-order valence-electron chi connectivity index (χ0n) is 11.3. The van der Waals surface area contributed by atoms with Crippen LogP contribution >= 0.6 is 0 Å². The van der Waals surface area contributed by atoms with Crippen LogP contribution in [0.1, 0.15) is 31.9 Å². The molecule has 0 saturated carbocycles. The van der Waals surface area contributed by atoms with Crippen LogP contribution in [-0.4, -0.2) is 18.9 Å². The summed E-state index contributed by atoms with van der Waals surface area (Å²) in [6.07, 6.45) is -0.687. The monoisotopic (exact) mass is 254 g/mol. The molecule has 4 nitrogen and oxygen atoms in total. The lowest BCUT2D eigenvalue weighted by molar-refractivity contribution is 0.187. The van der Waals surface area contributed by atoms with Gasteiger partial charge in [-0.25, -0.2) is 9.18 Å². The standard InChI is InChI=1S/C11H13FN2O2.C2H6/c1-6-4-8(12)10(7(2)13)9(5-6)14-11(15)16-3;1-2/h4-5,13H,1-3H3,(H,14,15);1-2H3. The fourth-order valence-electron chi connectivity index (χ4n) is 1.38. The number of ether oxygens (including phenoxy) is 1. The Labute approximate surface area is 107 Å². The minimum absolute atomic E-state index is 0.0453. The van der Waals surface area contributed by atoms with Crippen molar-refractivity contribution >= 4 is 17.5 Å². The first-order valence-electron chi connectivity index (χ1n) is 5.66. The zero-order valence-corrected chi connectivity index (χ0v) is 11.3. The maximum absolute atomic E-state index is 13.6. The Bertz CT molecular complexity index is 445. The Kier molecular flexibility index (Phi) is 6.63. The van der Waals surface area contributed by atoms with E-state index in [0.717, 1.165) is 0 Å². The third kappa shape index (κ3) is 4.16. The van der Waals surface area contributed by atoms with Crippen molar-refractivity contribution in [3.05, 3.63) is 29.1 Å². The lowest BCUT2D eigenvalue weighted by atomic mass is 10.1. The van der Waals surface area contributed by atoms with Gasteiger partial charge in [-0.05, 0) is 31.5 Å². The molecule has 0 saturated heterocycles. The Morgan fingerprint density at radius 3 is 2.39 bits per heavy atom. The fourth-order valence-corrected chi connectivity index (χ4v) is 1.38. The highest BCUT2D eigenvalue weighted by Crippen LogP contribution is 2.22. The lowest BCUT2D eigenvalue weighted by Crippen LogP contribution is -2.15. The van der Waals surface area contributed by atoms with Crippen molar-refractivity contribution in [2.75, 3.05) is 12.4 Å². The number of halogens is 1. The molecule has 18 heavy (non-hydrogen) atoms. The minimum atomic E-state index is -0.687. The molecule has 0 fully saturated rings. The second-order valence-corrected chi connectivity index (χ2v) is 3.41. The van der Waals surface area contributed by atoms with Gasteiger partial charge in [0.15, 0.2) is 0 Å². The van der Waals surface area contributed by atoms with Crippen LogP contribution in [0.4, 0.5) is 14.9 Å². The van der Waals surface area contributed by atoms with Crippen molar-refractivity contribution in [3.8, 4) is 0 Å². The van der Waals surface area contributed by atoms with Gasteiger partial charge in [-0.1, -0.05) is 13.8 Å². The van der Waals surface area contributed by atoms with Gasteiger partial charge in [-0.15, -0.1) is 0 Å². The molecule has 5 heteroatoms. The smallest absolute Gasteiger partial charge is 0.411 e.